The standard InChI is InChI=1S/C73H86N10O17S/c1-43(47-21-23-54(78-59(47)65(92)93)81-30-27-46-15-12-16-48(49(46)35-81)64(91)79-68-77-50-17-9-10-18-53(50)101-68)44(2)83(74-5)42-72-37-70(3)36-71(4,38-72)40-73(39-70,41-72)98-33-31-80(6)69(96)97-32-13-14-45-20-22-52(99-67-62(90)60(88)61(89)63(100-67)66(94)95)51(34-45)76-56(85)26-28-75-55(84)19-8-7-11-29-82-57(86)24-25-58(82)87/h9-10,12-18,20-25,34,60-63,67,88-90H,5,7-8,11,19,26-33,35-42H2,1-4,6H3,(H,75,84)(H,76,85)(H,92,93)(H,94,95)(H,77,79,91)/b14-13+,44-43+/t60-,61-,62+,63-,67+,70?,71?,72?,73?/m0/s1. The van der Waals surface area contributed by atoms with Crippen LogP contribution in [-0.2, 0) is 51.1 Å². The molecular weight excluding hydrogens is 1320 g/mol. The summed E-state index contributed by atoms with van der Waals surface area (Å²) in [5.74, 6) is -4.35. The Morgan fingerprint density at radius 1 is 0.832 bits per heavy atom. The van der Waals surface area contributed by atoms with Crippen molar-refractivity contribution in [2.45, 2.75) is 148 Å². The number of aromatic nitrogens is 2. The van der Waals surface area contributed by atoms with Crippen molar-refractivity contribution < 1.29 is 82.8 Å². The van der Waals surface area contributed by atoms with Crippen LogP contribution >= 0.6 is 11.3 Å². The van der Waals surface area contributed by atoms with Gasteiger partial charge in [-0.3, -0.25) is 39.2 Å². The number of fused-ring (bicyclic) bond motifs is 2. The average Bonchev–Trinajstić information content (AvgIpc) is 1.56. The molecule has 1 saturated heterocycles. The average molecular weight is 1410 g/mol. The molecule has 2 aromatic heterocycles. The predicted octanol–water partition coefficient (Wildman–Crippen LogP) is 7.99. The van der Waals surface area contributed by atoms with Crippen LogP contribution in [0.5, 0.6) is 5.75 Å². The van der Waals surface area contributed by atoms with E-state index in [0.717, 1.165) is 70.5 Å². The zero-order chi connectivity index (χ0) is 72.1. The predicted molar refractivity (Wildman–Crippen MR) is 375 cm³/mol. The highest BCUT2D eigenvalue weighted by Gasteiger charge is 2.66. The van der Waals surface area contributed by atoms with Gasteiger partial charge >= 0.3 is 18.0 Å². The van der Waals surface area contributed by atoms with Crippen molar-refractivity contribution in [3.05, 3.63) is 130 Å². The van der Waals surface area contributed by atoms with Crippen molar-refractivity contribution in [2.24, 2.45) is 21.3 Å². The summed E-state index contributed by atoms with van der Waals surface area (Å²) < 4.78 is 24.7. The minimum atomic E-state index is -1.98. The molecule has 0 spiro atoms. The molecule has 5 fully saturated rings. The molecule has 8 N–H and O–H groups in total. The first kappa shape index (κ1) is 72.8. The molecule has 4 saturated carbocycles. The lowest BCUT2D eigenvalue weighted by Gasteiger charge is -2.69. The van der Waals surface area contributed by atoms with Crippen LogP contribution < -0.4 is 25.6 Å². The molecule has 0 radical (unpaired) electrons. The number of likely N-dealkylation sites (N-methyl/N-ethyl adjacent to an activating group) is 1. The third-order valence-corrected chi connectivity index (χ3v) is 21.0. The van der Waals surface area contributed by atoms with Gasteiger partial charge in [0, 0.05) is 94.9 Å². The number of hydrazone groups is 1. The number of aliphatic carboxylic acids is 1. The van der Waals surface area contributed by atoms with Crippen LogP contribution in [0.3, 0.4) is 0 Å². The van der Waals surface area contributed by atoms with Gasteiger partial charge in [0.1, 0.15) is 36.5 Å². The number of carboxylic acids is 2. The SMILES string of the molecule is C=NN(CC12CC3(C)CC(C)(C1)CC(OCCN(C)C(=O)OC/C=C/c1ccc(O[C@@H]4O[C@H](C(=O)O)[C@@H](O)[C@H](O)[C@H]4O)c(NC(=O)CCNC(=O)CCCCCN4C(=O)C=CC4=O)c1)(C3)C2)/C(C)=C(\C)c1ccc(N2CCc3cccc(C(=O)Nc4nc5ccccc5s4)c3C2)nc1C(=O)O. The summed E-state index contributed by atoms with van der Waals surface area (Å²) in [7, 11) is 1.62. The fourth-order valence-electron chi connectivity index (χ4n) is 16.3. The number of carbonyl (C=O) groups excluding carboxylic acids is 6. The van der Waals surface area contributed by atoms with Crippen LogP contribution in [0, 0.1) is 16.2 Å². The smallest absolute Gasteiger partial charge is 0.409 e. The Morgan fingerprint density at radius 3 is 2.31 bits per heavy atom. The number of aliphatic hydroxyl groups is 3. The lowest BCUT2D eigenvalue weighted by molar-refractivity contribution is -0.271. The molecule has 12 rings (SSSR count). The van der Waals surface area contributed by atoms with E-state index in [-0.39, 0.29) is 103 Å². The number of para-hydroxylation sites is 1. The van der Waals surface area contributed by atoms with Crippen LogP contribution in [0.15, 0.2) is 102 Å². The molecule has 2 unspecified atom stereocenters. The lowest BCUT2D eigenvalue weighted by atomic mass is 9.39. The first-order valence-corrected chi connectivity index (χ1v) is 34.7. The Bertz CT molecular complexity index is 4080. The molecule has 4 bridgehead atoms. The topological polar surface area (TPSA) is 362 Å². The Kier molecular flexibility index (Phi) is 21.9. The van der Waals surface area contributed by atoms with Crippen molar-refractivity contribution in [3.8, 4) is 5.75 Å². The van der Waals surface area contributed by atoms with Crippen molar-refractivity contribution in [2.75, 3.05) is 68.5 Å². The number of aliphatic hydroxyl groups excluding tert-OH is 3. The number of aromatic carboxylic acids is 1. The number of benzene rings is 3. The van der Waals surface area contributed by atoms with Crippen molar-refractivity contribution in [1.29, 1.82) is 0 Å². The first-order chi connectivity index (χ1) is 48.1. The van der Waals surface area contributed by atoms with E-state index in [2.05, 4.69) is 46.6 Å². The number of imide groups is 1. The molecular formula is C73H86N10O17S. The van der Waals surface area contributed by atoms with Crippen molar-refractivity contribution in [3.63, 3.8) is 0 Å². The minimum absolute atomic E-state index is 0.0221. The molecule has 3 aromatic carbocycles. The maximum Gasteiger partial charge on any atom is 0.409 e. The highest BCUT2D eigenvalue weighted by Crippen LogP contribution is 2.72. The van der Waals surface area contributed by atoms with Crippen molar-refractivity contribution >= 4 is 104 Å². The second-order valence-corrected chi connectivity index (χ2v) is 29.2. The number of carbonyl (C=O) groups is 8. The van der Waals surface area contributed by atoms with E-state index in [1.54, 1.807) is 37.4 Å². The van der Waals surface area contributed by atoms with E-state index in [9.17, 15) is 63.9 Å². The third kappa shape index (κ3) is 16.6. The Hall–Kier alpha value is -9.45. The fourth-order valence-corrected chi connectivity index (χ4v) is 17.2. The van der Waals surface area contributed by atoms with Gasteiger partial charge in [-0.15, -0.1) is 0 Å². The Labute approximate surface area is 587 Å². The number of anilines is 3. The van der Waals surface area contributed by atoms with E-state index in [0.29, 0.717) is 78.5 Å². The van der Waals surface area contributed by atoms with Crippen LogP contribution in [0.25, 0.3) is 21.9 Å². The van der Waals surface area contributed by atoms with Gasteiger partial charge in [-0.05, 0) is 159 Å². The van der Waals surface area contributed by atoms with Gasteiger partial charge < -0.3 is 64.9 Å². The maximum atomic E-state index is 13.8. The monoisotopic (exact) mass is 1410 g/mol. The third-order valence-electron chi connectivity index (χ3n) is 20.0. The normalized spacial score (nSPS) is 25.2. The molecule has 4 aliphatic carbocycles. The number of allylic oxidation sites excluding steroid dienone is 2. The molecule has 28 heteroatoms. The number of nitrogens with zero attached hydrogens (tertiary/aromatic N) is 7. The molecule has 536 valence electrons. The minimum Gasteiger partial charge on any atom is -0.479 e. The zero-order valence-corrected chi connectivity index (χ0v) is 58.0. The van der Waals surface area contributed by atoms with E-state index in [4.69, 9.17) is 23.9 Å². The molecule has 6 amide bonds. The molecule has 5 aromatic rings. The van der Waals surface area contributed by atoms with E-state index in [1.807, 2.05) is 66.2 Å². The maximum absolute atomic E-state index is 13.8. The Morgan fingerprint density at radius 2 is 1.58 bits per heavy atom. The number of hydrogen-bond acceptors (Lipinski definition) is 21. The summed E-state index contributed by atoms with van der Waals surface area (Å²) in [6.45, 7) is 14.4. The number of thiazole rings is 1. The summed E-state index contributed by atoms with van der Waals surface area (Å²) in [5.41, 5.74) is 4.60. The first-order valence-electron chi connectivity index (χ1n) is 33.9. The summed E-state index contributed by atoms with van der Waals surface area (Å²) >= 11 is 1.40. The number of pyridine rings is 1. The Balaban J connectivity index is 0.689. The van der Waals surface area contributed by atoms with Gasteiger partial charge in [0.25, 0.3) is 17.7 Å². The van der Waals surface area contributed by atoms with E-state index >= 15 is 0 Å². The summed E-state index contributed by atoms with van der Waals surface area (Å²) in [6, 6.07) is 21.4. The van der Waals surface area contributed by atoms with Crippen molar-refractivity contribution in [1.82, 2.24) is 30.1 Å². The van der Waals surface area contributed by atoms with Gasteiger partial charge in [-0.25, -0.2) is 24.4 Å². The number of ether oxygens (including phenoxy) is 4. The highest BCUT2D eigenvalue weighted by atomic mass is 32.1. The number of hydrogen-bond donors (Lipinski definition) is 8. The number of unbranched alkanes of at least 4 members (excludes halogenated alkanes) is 2. The van der Waals surface area contributed by atoms with Crippen LogP contribution in [0.2, 0.25) is 0 Å². The zero-order valence-electron chi connectivity index (χ0n) is 57.1. The molecule has 5 heterocycles. The number of carboxylic acid groups (broad SMARTS) is 2. The van der Waals surface area contributed by atoms with Gasteiger partial charge in [0.15, 0.2) is 16.9 Å². The number of amides is 6. The van der Waals surface area contributed by atoms with Gasteiger partial charge in [-0.2, -0.15) is 5.10 Å². The molecule has 3 aliphatic heterocycles. The van der Waals surface area contributed by atoms with Crippen LogP contribution in [-0.4, -0.2) is 194 Å². The van der Waals surface area contributed by atoms with Crippen LogP contribution in [0.4, 0.5) is 21.4 Å². The number of nitrogens with one attached hydrogen (secondary N) is 3. The van der Waals surface area contributed by atoms with E-state index < -0.39 is 60.2 Å². The fraction of sp³-hybridized carbons (Fsp3) is 0.466. The summed E-state index contributed by atoms with van der Waals surface area (Å²) in [5, 5.41) is 67.2. The van der Waals surface area contributed by atoms with Gasteiger partial charge in [0.2, 0.25) is 18.1 Å². The van der Waals surface area contributed by atoms with Crippen LogP contribution in [0.1, 0.15) is 141 Å². The lowest BCUT2D eigenvalue weighted by Crippen LogP contribution is -2.65. The quantitative estimate of drug-likeness (QED) is 0.00972. The van der Waals surface area contributed by atoms with Gasteiger partial charge in [-0.1, -0.05) is 68.0 Å². The summed E-state index contributed by atoms with van der Waals surface area (Å²) in [4.78, 5) is 116. The number of rotatable bonds is 29. The highest BCUT2D eigenvalue weighted by molar-refractivity contribution is 7.22. The second-order valence-electron chi connectivity index (χ2n) is 28.2. The largest absolute Gasteiger partial charge is 0.479 e. The van der Waals surface area contributed by atoms with Gasteiger partial charge in [0.05, 0.1) is 28.1 Å². The molecule has 7 atom stereocenters. The molecule has 7 aliphatic rings. The molecule has 27 nitrogen and oxygen atoms in total. The molecule has 101 heavy (non-hydrogen) atoms. The second kappa shape index (κ2) is 30.4. The van der Waals surface area contributed by atoms with E-state index in [1.165, 1.54) is 40.5 Å². The summed E-state index contributed by atoms with van der Waals surface area (Å²) in [6.07, 6.45) is 2.86.